The van der Waals surface area contributed by atoms with E-state index >= 15 is 0 Å². The Morgan fingerprint density at radius 1 is 1.47 bits per heavy atom. The van der Waals surface area contributed by atoms with E-state index in [0.717, 1.165) is 18.4 Å². The molecule has 1 aliphatic carbocycles. The molecule has 0 saturated heterocycles. The summed E-state index contributed by atoms with van der Waals surface area (Å²) in [6.45, 7) is 2.21. The molecule has 90 valence electrons. The molecule has 0 spiro atoms. The van der Waals surface area contributed by atoms with Crippen molar-refractivity contribution in [2.45, 2.75) is 25.8 Å². The van der Waals surface area contributed by atoms with Crippen molar-refractivity contribution in [3.63, 3.8) is 0 Å². The van der Waals surface area contributed by atoms with Crippen LogP contribution in [0.2, 0.25) is 5.02 Å². The molecule has 1 fully saturated rings. The van der Waals surface area contributed by atoms with Crippen LogP contribution in [0.3, 0.4) is 0 Å². The topological polar surface area (TPSA) is 43.8 Å². The minimum Gasteiger partial charge on any atom is -0.369 e. The largest absolute Gasteiger partial charge is 0.369 e. The molecule has 3 rings (SSSR count). The summed E-state index contributed by atoms with van der Waals surface area (Å²) in [4.78, 5) is 4.19. The molecule has 1 saturated carbocycles. The highest BCUT2D eigenvalue weighted by Gasteiger charge is 2.29. The summed E-state index contributed by atoms with van der Waals surface area (Å²) in [5.74, 6) is 0.706. The Hall–Kier alpha value is -1.29. The van der Waals surface area contributed by atoms with Gasteiger partial charge in [-0.3, -0.25) is 0 Å². The number of rotatable bonds is 1. The number of hydrogen-bond acceptors (Lipinski definition) is 2. The summed E-state index contributed by atoms with van der Waals surface area (Å²) >= 11 is 5.81. The SMILES string of the molecule is CC1CC(n2c(N)nc3cc(F)c(Cl)cc32)C1. The Labute approximate surface area is 103 Å². The number of nitrogens with two attached hydrogens (primary N) is 1. The lowest BCUT2D eigenvalue weighted by Gasteiger charge is -2.34. The number of nitrogens with zero attached hydrogens (tertiary/aromatic N) is 2. The highest BCUT2D eigenvalue weighted by Crippen LogP contribution is 2.41. The van der Waals surface area contributed by atoms with E-state index in [1.54, 1.807) is 6.07 Å². The fourth-order valence-electron chi connectivity index (χ4n) is 2.56. The quantitative estimate of drug-likeness (QED) is 0.847. The van der Waals surface area contributed by atoms with E-state index in [9.17, 15) is 4.39 Å². The Bertz CT molecular complexity index is 587. The number of benzene rings is 1. The summed E-state index contributed by atoms with van der Waals surface area (Å²) in [5, 5.41) is 0.117. The van der Waals surface area contributed by atoms with Crippen LogP contribution in [-0.2, 0) is 0 Å². The monoisotopic (exact) mass is 253 g/mol. The van der Waals surface area contributed by atoms with E-state index < -0.39 is 5.82 Å². The molecule has 0 aliphatic heterocycles. The zero-order valence-electron chi connectivity index (χ0n) is 9.45. The molecule has 1 aromatic heterocycles. The fourth-order valence-corrected chi connectivity index (χ4v) is 2.72. The normalized spacial score (nSPS) is 23.9. The van der Waals surface area contributed by atoms with Crippen molar-refractivity contribution in [2.24, 2.45) is 5.92 Å². The number of nitrogen functional groups attached to an aromatic ring is 1. The van der Waals surface area contributed by atoms with E-state index in [0.29, 0.717) is 23.4 Å². The first kappa shape index (κ1) is 10.8. The van der Waals surface area contributed by atoms with Gasteiger partial charge in [-0.05, 0) is 24.8 Å². The van der Waals surface area contributed by atoms with Gasteiger partial charge in [0.05, 0.1) is 16.1 Å². The van der Waals surface area contributed by atoms with Gasteiger partial charge in [0.1, 0.15) is 5.82 Å². The zero-order valence-corrected chi connectivity index (χ0v) is 10.2. The first-order chi connectivity index (χ1) is 8.06. The van der Waals surface area contributed by atoms with Gasteiger partial charge in [-0.1, -0.05) is 18.5 Å². The highest BCUT2D eigenvalue weighted by molar-refractivity contribution is 6.31. The summed E-state index contributed by atoms with van der Waals surface area (Å²) in [6.07, 6.45) is 2.18. The van der Waals surface area contributed by atoms with Gasteiger partial charge in [0, 0.05) is 12.1 Å². The predicted octanol–water partition coefficient (Wildman–Crippen LogP) is 3.38. The predicted molar refractivity (Wildman–Crippen MR) is 66.5 cm³/mol. The number of hydrogen-bond donors (Lipinski definition) is 1. The van der Waals surface area contributed by atoms with Crippen LogP contribution in [0.1, 0.15) is 25.8 Å². The van der Waals surface area contributed by atoms with E-state index in [1.165, 1.54) is 6.07 Å². The maximum Gasteiger partial charge on any atom is 0.201 e. The number of halogens is 2. The number of aromatic nitrogens is 2. The van der Waals surface area contributed by atoms with Crippen LogP contribution in [0.5, 0.6) is 0 Å². The molecule has 1 heterocycles. The Morgan fingerprint density at radius 3 is 2.82 bits per heavy atom. The van der Waals surface area contributed by atoms with Crippen molar-refractivity contribution in [3.05, 3.63) is 23.0 Å². The van der Waals surface area contributed by atoms with Gasteiger partial charge >= 0.3 is 0 Å². The fraction of sp³-hybridized carbons (Fsp3) is 0.417. The van der Waals surface area contributed by atoms with E-state index in [-0.39, 0.29) is 5.02 Å². The third-order valence-corrected chi connectivity index (χ3v) is 3.76. The molecule has 0 bridgehead atoms. The van der Waals surface area contributed by atoms with Gasteiger partial charge < -0.3 is 10.3 Å². The second kappa shape index (κ2) is 3.60. The molecule has 1 aromatic carbocycles. The summed E-state index contributed by atoms with van der Waals surface area (Å²) in [7, 11) is 0. The molecule has 3 nitrogen and oxygen atoms in total. The number of fused-ring (bicyclic) bond motifs is 1. The van der Waals surface area contributed by atoms with Crippen LogP contribution in [0.4, 0.5) is 10.3 Å². The Kier molecular flexibility index (Phi) is 2.30. The van der Waals surface area contributed by atoms with Crippen molar-refractivity contribution in [1.82, 2.24) is 9.55 Å². The Balaban J connectivity index is 2.17. The van der Waals surface area contributed by atoms with Crippen LogP contribution in [-0.4, -0.2) is 9.55 Å². The molecular weight excluding hydrogens is 241 g/mol. The molecule has 0 amide bonds. The molecule has 5 heteroatoms. The maximum absolute atomic E-state index is 13.3. The lowest BCUT2D eigenvalue weighted by atomic mass is 9.81. The van der Waals surface area contributed by atoms with E-state index in [2.05, 4.69) is 11.9 Å². The van der Waals surface area contributed by atoms with Gasteiger partial charge in [0.2, 0.25) is 5.95 Å². The van der Waals surface area contributed by atoms with Crippen molar-refractivity contribution in [2.75, 3.05) is 5.73 Å². The molecule has 2 N–H and O–H groups in total. The lowest BCUT2D eigenvalue weighted by Crippen LogP contribution is -2.25. The van der Waals surface area contributed by atoms with Gasteiger partial charge in [-0.25, -0.2) is 9.37 Å². The van der Waals surface area contributed by atoms with E-state index in [1.807, 2.05) is 4.57 Å². The third-order valence-electron chi connectivity index (χ3n) is 3.47. The zero-order chi connectivity index (χ0) is 12.2. The van der Waals surface area contributed by atoms with Crippen molar-refractivity contribution < 1.29 is 4.39 Å². The second-order valence-electron chi connectivity index (χ2n) is 4.83. The molecule has 2 aromatic rings. The molecule has 0 atom stereocenters. The summed E-state index contributed by atoms with van der Waals surface area (Å²) in [5.41, 5.74) is 7.29. The molecular formula is C12H13ClFN3. The van der Waals surface area contributed by atoms with Gasteiger partial charge in [0.25, 0.3) is 0 Å². The van der Waals surface area contributed by atoms with Crippen LogP contribution >= 0.6 is 11.6 Å². The minimum atomic E-state index is -0.453. The van der Waals surface area contributed by atoms with Crippen LogP contribution < -0.4 is 5.73 Å². The average Bonchev–Trinajstić information content (AvgIpc) is 2.51. The van der Waals surface area contributed by atoms with Gasteiger partial charge in [-0.2, -0.15) is 0 Å². The first-order valence-corrected chi connectivity index (χ1v) is 6.06. The summed E-state index contributed by atoms with van der Waals surface area (Å²) in [6, 6.07) is 3.32. The van der Waals surface area contributed by atoms with Crippen LogP contribution in [0.25, 0.3) is 11.0 Å². The van der Waals surface area contributed by atoms with Gasteiger partial charge in [0.15, 0.2) is 0 Å². The standard InChI is InChI=1S/C12H13ClFN3/c1-6-2-7(3-6)17-11-4-8(13)9(14)5-10(11)16-12(17)15/h4-7H,2-3H2,1H3,(H2,15,16). The van der Waals surface area contributed by atoms with Crippen molar-refractivity contribution in [3.8, 4) is 0 Å². The minimum absolute atomic E-state index is 0.117. The lowest BCUT2D eigenvalue weighted by molar-refractivity contribution is 0.223. The number of imidazole rings is 1. The Morgan fingerprint density at radius 2 is 2.18 bits per heavy atom. The second-order valence-corrected chi connectivity index (χ2v) is 5.23. The van der Waals surface area contributed by atoms with Crippen LogP contribution in [0, 0.1) is 11.7 Å². The van der Waals surface area contributed by atoms with Crippen LogP contribution in [0.15, 0.2) is 12.1 Å². The average molecular weight is 254 g/mol. The number of anilines is 1. The smallest absolute Gasteiger partial charge is 0.201 e. The first-order valence-electron chi connectivity index (χ1n) is 5.68. The van der Waals surface area contributed by atoms with Crippen molar-refractivity contribution in [1.29, 1.82) is 0 Å². The maximum atomic E-state index is 13.3. The third kappa shape index (κ3) is 1.59. The van der Waals surface area contributed by atoms with Crippen molar-refractivity contribution >= 4 is 28.6 Å². The molecule has 1 aliphatic rings. The molecule has 0 unspecified atom stereocenters. The molecule has 17 heavy (non-hydrogen) atoms. The van der Waals surface area contributed by atoms with Gasteiger partial charge in [-0.15, -0.1) is 0 Å². The highest BCUT2D eigenvalue weighted by atomic mass is 35.5. The molecule has 0 radical (unpaired) electrons. The van der Waals surface area contributed by atoms with E-state index in [4.69, 9.17) is 17.3 Å². The summed E-state index contributed by atoms with van der Waals surface area (Å²) < 4.78 is 15.3.